The maximum Gasteiger partial charge on any atom is 0.271 e. The van der Waals surface area contributed by atoms with Gasteiger partial charge in [0.25, 0.3) is 5.91 Å². The zero-order valence-corrected chi connectivity index (χ0v) is 13.3. The molecule has 6 heteroatoms. The van der Waals surface area contributed by atoms with Crippen LogP contribution in [0.4, 0.5) is 0 Å². The summed E-state index contributed by atoms with van der Waals surface area (Å²) >= 11 is 3.11. The number of aliphatic hydroxyl groups is 1. The second kappa shape index (κ2) is 6.68. The third-order valence-electron chi connectivity index (χ3n) is 3.97. The Bertz CT molecular complexity index is 595. The third kappa shape index (κ3) is 3.33. The van der Waals surface area contributed by atoms with Gasteiger partial charge in [0, 0.05) is 34.9 Å². The minimum Gasteiger partial charge on any atom is -0.396 e. The van der Waals surface area contributed by atoms with Crippen LogP contribution in [0.5, 0.6) is 0 Å². The van der Waals surface area contributed by atoms with Crippen LogP contribution in [0.25, 0.3) is 10.6 Å². The number of hydrogen-bond acceptors (Lipinski definition) is 5. The van der Waals surface area contributed by atoms with E-state index < -0.39 is 0 Å². The summed E-state index contributed by atoms with van der Waals surface area (Å²) in [5, 5.41) is 19.2. The first-order valence-electron chi connectivity index (χ1n) is 7.17. The number of aliphatic hydroxyl groups excluding tert-OH is 1. The summed E-state index contributed by atoms with van der Waals surface area (Å²) in [4.78, 5) is 16.7. The van der Waals surface area contributed by atoms with E-state index in [1.54, 1.807) is 16.7 Å². The van der Waals surface area contributed by atoms with E-state index in [9.17, 15) is 9.90 Å². The van der Waals surface area contributed by atoms with Crippen molar-refractivity contribution in [1.82, 2.24) is 10.3 Å². The van der Waals surface area contributed by atoms with Gasteiger partial charge in [0.2, 0.25) is 0 Å². The number of nitrogens with zero attached hydrogens (tertiary/aromatic N) is 1. The van der Waals surface area contributed by atoms with Crippen molar-refractivity contribution in [3.8, 4) is 10.6 Å². The second-order valence-corrected chi connectivity index (χ2v) is 7.00. The van der Waals surface area contributed by atoms with Crippen molar-refractivity contribution < 1.29 is 9.90 Å². The summed E-state index contributed by atoms with van der Waals surface area (Å²) in [6, 6.07) is 2.08. The SMILES string of the molecule is O=C(NC1CCCCC1CO)c1csc(-c2ccsc2)n1. The minimum atomic E-state index is -0.127. The van der Waals surface area contributed by atoms with Gasteiger partial charge in [-0.05, 0) is 24.3 Å². The Morgan fingerprint density at radius 2 is 2.24 bits per heavy atom. The second-order valence-electron chi connectivity index (χ2n) is 5.36. The Kier molecular flexibility index (Phi) is 4.67. The molecular weight excluding hydrogens is 304 g/mol. The van der Waals surface area contributed by atoms with Gasteiger partial charge in [0.15, 0.2) is 0 Å². The van der Waals surface area contributed by atoms with Crippen molar-refractivity contribution in [3.63, 3.8) is 0 Å². The molecule has 2 atom stereocenters. The van der Waals surface area contributed by atoms with Crippen LogP contribution in [0.1, 0.15) is 36.2 Å². The summed E-state index contributed by atoms with van der Waals surface area (Å²) in [6.07, 6.45) is 4.17. The molecule has 2 heterocycles. The van der Waals surface area contributed by atoms with Crippen LogP contribution in [0.15, 0.2) is 22.2 Å². The fourth-order valence-corrected chi connectivity index (χ4v) is 4.27. The average Bonchev–Trinajstić information content (AvgIpc) is 3.18. The van der Waals surface area contributed by atoms with Gasteiger partial charge in [-0.25, -0.2) is 4.98 Å². The lowest BCUT2D eigenvalue weighted by atomic mass is 9.85. The van der Waals surface area contributed by atoms with Crippen molar-refractivity contribution >= 4 is 28.6 Å². The lowest BCUT2D eigenvalue weighted by Crippen LogP contribution is -2.43. The van der Waals surface area contributed by atoms with Crippen LogP contribution >= 0.6 is 22.7 Å². The number of carbonyl (C=O) groups excluding carboxylic acids is 1. The van der Waals surface area contributed by atoms with E-state index in [4.69, 9.17) is 0 Å². The van der Waals surface area contributed by atoms with E-state index in [0.717, 1.165) is 36.3 Å². The Hall–Kier alpha value is -1.24. The molecule has 0 aliphatic heterocycles. The zero-order valence-electron chi connectivity index (χ0n) is 11.6. The van der Waals surface area contributed by atoms with Crippen molar-refractivity contribution in [1.29, 1.82) is 0 Å². The van der Waals surface area contributed by atoms with Gasteiger partial charge in [-0.2, -0.15) is 11.3 Å². The van der Waals surface area contributed by atoms with Crippen molar-refractivity contribution in [3.05, 3.63) is 27.9 Å². The van der Waals surface area contributed by atoms with E-state index in [2.05, 4.69) is 10.3 Å². The number of rotatable bonds is 4. The molecule has 2 N–H and O–H groups in total. The molecule has 0 bridgehead atoms. The van der Waals surface area contributed by atoms with E-state index in [0.29, 0.717) is 5.69 Å². The number of thiophene rings is 1. The lowest BCUT2D eigenvalue weighted by Gasteiger charge is -2.30. The number of thiazole rings is 1. The molecule has 1 saturated carbocycles. The predicted molar refractivity (Wildman–Crippen MR) is 85.7 cm³/mol. The van der Waals surface area contributed by atoms with E-state index >= 15 is 0 Å². The highest BCUT2D eigenvalue weighted by Gasteiger charge is 2.26. The van der Waals surface area contributed by atoms with E-state index in [1.807, 2.05) is 16.8 Å². The Labute approximate surface area is 131 Å². The number of amides is 1. The molecule has 0 radical (unpaired) electrons. The molecule has 2 aromatic heterocycles. The van der Waals surface area contributed by atoms with Crippen LogP contribution in [-0.4, -0.2) is 28.6 Å². The van der Waals surface area contributed by atoms with Crippen LogP contribution in [0.2, 0.25) is 0 Å². The molecule has 1 aliphatic rings. The van der Waals surface area contributed by atoms with Gasteiger partial charge in [-0.3, -0.25) is 4.79 Å². The van der Waals surface area contributed by atoms with Gasteiger partial charge in [0.05, 0.1) is 0 Å². The minimum absolute atomic E-state index is 0.0718. The van der Waals surface area contributed by atoms with Crippen molar-refractivity contribution in [2.45, 2.75) is 31.7 Å². The molecule has 0 spiro atoms. The predicted octanol–water partition coefficient (Wildman–Crippen LogP) is 3.15. The summed E-state index contributed by atoms with van der Waals surface area (Å²) in [6.45, 7) is 0.141. The van der Waals surface area contributed by atoms with Crippen LogP contribution < -0.4 is 5.32 Å². The standard InChI is InChI=1S/C15H18N2O2S2/c18-7-10-3-1-2-4-12(10)16-14(19)13-9-21-15(17-13)11-5-6-20-8-11/h5-6,8-10,12,18H,1-4,7H2,(H,16,19). The van der Waals surface area contributed by atoms with E-state index in [1.165, 1.54) is 11.3 Å². The summed E-state index contributed by atoms with van der Waals surface area (Å²) in [5.74, 6) is 0.0516. The van der Waals surface area contributed by atoms with Crippen LogP contribution in [0, 0.1) is 5.92 Å². The molecule has 112 valence electrons. The van der Waals surface area contributed by atoms with Crippen molar-refractivity contribution in [2.75, 3.05) is 6.61 Å². The fourth-order valence-electron chi connectivity index (χ4n) is 2.76. The average molecular weight is 322 g/mol. The highest BCUT2D eigenvalue weighted by Crippen LogP contribution is 2.27. The van der Waals surface area contributed by atoms with Gasteiger partial charge in [-0.15, -0.1) is 11.3 Å². The normalized spacial score (nSPS) is 22.1. The van der Waals surface area contributed by atoms with Crippen LogP contribution in [0.3, 0.4) is 0 Å². The number of hydrogen-bond donors (Lipinski definition) is 2. The zero-order chi connectivity index (χ0) is 14.7. The van der Waals surface area contributed by atoms with E-state index in [-0.39, 0.29) is 24.5 Å². The smallest absolute Gasteiger partial charge is 0.271 e. The quantitative estimate of drug-likeness (QED) is 0.909. The molecular formula is C15H18N2O2S2. The first-order chi connectivity index (χ1) is 10.3. The molecule has 2 unspecified atom stereocenters. The number of aromatic nitrogens is 1. The molecule has 0 saturated heterocycles. The molecule has 4 nitrogen and oxygen atoms in total. The molecule has 3 rings (SSSR count). The molecule has 1 aliphatic carbocycles. The van der Waals surface area contributed by atoms with Gasteiger partial charge in [0.1, 0.15) is 10.7 Å². The molecule has 21 heavy (non-hydrogen) atoms. The number of carbonyl (C=O) groups is 1. The molecule has 0 aromatic carbocycles. The first-order valence-corrected chi connectivity index (χ1v) is 9.00. The molecule has 1 amide bonds. The number of nitrogens with one attached hydrogen (secondary N) is 1. The monoisotopic (exact) mass is 322 g/mol. The highest BCUT2D eigenvalue weighted by atomic mass is 32.1. The van der Waals surface area contributed by atoms with Gasteiger partial charge >= 0.3 is 0 Å². The maximum atomic E-state index is 12.3. The van der Waals surface area contributed by atoms with Crippen LogP contribution in [-0.2, 0) is 0 Å². The first kappa shape index (κ1) is 14.7. The summed E-state index contributed by atoms with van der Waals surface area (Å²) < 4.78 is 0. The molecule has 1 fully saturated rings. The Morgan fingerprint density at radius 3 is 3.00 bits per heavy atom. The summed E-state index contributed by atoms with van der Waals surface area (Å²) in [7, 11) is 0. The highest BCUT2D eigenvalue weighted by molar-refractivity contribution is 7.14. The molecule has 2 aromatic rings. The largest absolute Gasteiger partial charge is 0.396 e. The third-order valence-corrected chi connectivity index (χ3v) is 5.54. The summed E-state index contributed by atoms with van der Waals surface area (Å²) in [5.41, 5.74) is 1.54. The Morgan fingerprint density at radius 1 is 1.38 bits per heavy atom. The van der Waals surface area contributed by atoms with Gasteiger partial charge < -0.3 is 10.4 Å². The Balaban J connectivity index is 1.68. The maximum absolute atomic E-state index is 12.3. The van der Waals surface area contributed by atoms with Crippen molar-refractivity contribution in [2.24, 2.45) is 5.92 Å². The lowest BCUT2D eigenvalue weighted by molar-refractivity contribution is 0.0868. The fraction of sp³-hybridized carbons (Fsp3) is 0.467. The topological polar surface area (TPSA) is 62.2 Å². The van der Waals surface area contributed by atoms with Gasteiger partial charge in [-0.1, -0.05) is 12.8 Å².